The van der Waals surface area contributed by atoms with Gasteiger partial charge in [0.25, 0.3) is 0 Å². The van der Waals surface area contributed by atoms with Crippen molar-refractivity contribution in [2.24, 2.45) is 11.8 Å². The molecule has 2 atom stereocenters. The summed E-state index contributed by atoms with van der Waals surface area (Å²) in [6.07, 6.45) is 8.75. The fraction of sp³-hybridized carbons (Fsp3) is 0.938. The van der Waals surface area contributed by atoms with Gasteiger partial charge in [0.05, 0.1) is 11.5 Å². The summed E-state index contributed by atoms with van der Waals surface area (Å²) >= 11 is 0. The van der Waals surface area contributed by atoms with E-state index in [0.29, 0.717) is 13.0 Å². The van der Waals surface area contributed by atoms with Crippen LogP contribution in [0.2, 0.25) is 0 Å². The summed E-state index contributed by atoms with van der Waals surface area (Å²) in [4.78, 5) is 11.1. The van der Waals surface area contributed by atoms with Crippen LogP contribution in [0.15, 0.2) is 0 Å². The Labute approximate surface area is 122 Å². The molecule has 2 saturated carbocycles. The lowest BCUT2D eigenvalue weighted by molar-refractivity contribution is -0.143. The van der Waals surface area contributed by atoms with Crippen molar-refractivity contribution in [3.8, 4) is 0 Å². The topological polar surface area (TPSA) is 69.6 Å². The Morgan fingerprint density at radius 3 is 2.55 bits per heavy atom. The van der Waals surface area contributed by atoms with Gasteiger partial charge in [0, 0.05) is 12.6 Å². The molecule has 0 heterocycles. The zero-order valence-corrected chi connectivity index (χ0v) is 12.6. The Bertz CT molecular complexity index is 324. The van der Waals surface area contributed by atoms with Gasteiger partial charge in [-0.3, -0.25) is 4.79 Å². The SMILES string of the molecule is CCC1CCC(O)(CNC2CCCC(C(=O)O)C2)CC1. The molecule has 4 nitrogen and oxygen atoms in total. The van der Waals surface area contributed by atoms with Gasteiger partial charge >= 0.3 is 5.97 Å². The van der Waals surface area contributed by atoms with Crippen LogP contribution >= 0.6 is 0 Å². The first-order chi connectivity index (χ1) is 9.52. The van der Waals surface area contributed by atoms with Gasteiger partial charge in [-0.15, -0.1) is 0 Å². The van der Waals surface area contributed by atoms with Crippen molar-refractivity contribution in [2.45, 2.75) is 76.4 Å². The van der Waals surface area contributed by atoms with E-state index in [0.717, 1.165) is 50.9 Å². The van der Waals surface area contributed by atoms with Crippen molar-refractivity contribution in [1.29, 1.82) is 0 Å². The largest absolute Gasteiger partial charge is 0.481 e. The molecular weight excluding hydrogens is 254 g/mol. The first-order valence-corrected chi connectivity index (χ1v) is 8.21. The summed E-state index contributed by atoms with van der Waals surface area (Å²) in [7, 11) is 0. The number of rotatable bonds is 5. The molecule has 0 aromatic rings. The zero-order valence-electron chi connectivity index (χ0n) is 12.6. The van der Waals surface area contributed by atoms with Gasteiger partial charge < -0.3 is 15.5 Å². The minimum absolute atomic E-state index is 0.202. The van der Waals surface area contributed by atoms with E-state index in [4.69, 9.17) is 5.11 Å². The molecule has 20 heavy (non-hydrogen) atoms. The van der Waals surface area contributed by atoms with Crippen LogP contribution in [-0.2, 0) is 4.79 Å². The molecule has 116 valence electrons. The van der Waals surface area contributed by atoms with Gasteiger partial charge in [-0.25, -0.2) is 0 Å². The first-order valence-electron chi connectivity index (χ1n) is 8.21. The minimum atomic E-state index is -0.668. The third-order valence-corrected chi connectivity index (χ3v) is 5.36. The molecule has 2 fully saturated rings. The Kier molecular flexibility index (Phi) is 5.44. The fourth-order valence-corrected chi connectivity index (χ4v) is 3.73. The molecule has 2 unspecified atom stereocenters. The normalized spacial score (nSPS) is 38.6. The number of aliphatic carboxylic acids is 1. The number of carboxylic acids is 1. The van der Waals surface area contributed by atoms with E-state index in [9.17, 15) is 9.90 Å². The fourth-order valence-electron chi connectivity index (χ4n) is 3.73. The Balaban J connectivity index is 1.75. The number of carboxylic acid groups (broad SMARTS) is 1. The lowest BCUT2D eigenvalue weighted by Gasteiger charge is -2.38. The third kappa shape index (κ3) is 4.19. The summed E-state index contributed by atoms with van der Waals surface area (Å²) in [5.41, 5.74) is -0.568. The van der Waals surface area contributed by atoms with Crippen molar-refractivity contribution in [3.63, 3.8) is 0 Å². The van der Waals surface area contributed by atoms with E-state index in [2.05, 4.69) is 12.2 Å². The van der Waals surface area contributed by atoms with Gasteiger partial charge in [0.1, 0.15) is 0 Å². The van der Waals surface area contributed by atoms with Crippen molar-refractivity contribution >= 4 is 5.97 Å². The van der Waals surface area contributed by atoms with Crippen LogP contribution in [0.4, 0.5) is 0 Å². The molecule has 0 aliphatic heterocycles. The highest BCUT2D eigenvalue weighted by Gasteiger charge is 2.34. The maximum atomic E-state index is 11.1. The van der Waals surface area contributed by atoms with Gasteiger partial charge in [-0.05, 0) is 50.9 Å². The summed E-state index contributed by atoms with van der Waals surface area (Å²) < 4.78 is 0. The maximum Gasteiger partial charge on any atom is 0.306 e. The number of aliphatic hydroxyl groups is 1. The summed E-state index contributed by atoms with van der Waals surface area (Å²) in [6, 6.07) is 0.262. The molecule has 0 spiro atoms. The van der Waals surface area contributed by atoms with E-state index in [1.54, 1.807) is 0 Å². The van der Waals surface area contributed by atoms with Crippen molar-refractivity contribution in [1.82, 2.24) is 5.32 Å². The second kappa shape index (κ2) is 6.90. The zero-order chi connectivity index (χ0) is 14.6. The summed E-state index contributed by atoms with van der Waals surface area (Å²) in [6.45, 7) is 2.85. The molecular formula is C16H29NO3. The van der Waals surface area contributed by atoms with Crippen molar-refractivity contribution in [2.75, 3.05) is 6.54 Å². The average molecular weight is 283 g/mol. The number of carbonyl (C=O) groups is 1. The predicted octanol–water partition coefficient (Wildman–Crippen LogP) is 2.55. The lowest BCUT2D eigenvalue weighted by Crippen LogP contribution is -2.48. The van der Waals surface area contributed by atoms with Crippen LogP contribution in [0.25, 0.3) is 0 Å². The van der Waals surface area contributed by atoms with Crippen molar-refractivity contribution < 1.29 is 15.0 Å². The second-order valence-electron chi connectivity index (χ2n) is 6.86. The predicted molar refractivity (Wildman–Crippen MR) is 78.6 cm³/mol. The highest BCUT2D eigenvalue weighted by atomic mass is 16.4. The Morgan fingerprint density at radius 1 is 1.25 bits per heavy atom. The molecule has 0 saturated heterocycles. The smallest absolute Gasteiger partial charge is 0.306 e. The van der Waals surface area contributed by atoms with E-state index < -0.39 is 11.6 Å². The monoisotopic (exact) mass is 283 g/mol. The maximum absolute atomic E-state index is 11.1. The van der Waals surface area contributed by atoms with E-state index in [-0.39, 0.29) is 12.0 Å². The third-order valence-electron chi connectivity index (χ3n) is 5.36. The summed E-state index contributed by atoms with van der Waals surface area (Å²) in [5, 5.41) is 23.2. The quantitative estimate of drug-likeness (QED) is 0.725. The van der Waals surface area contributed by atoms with Crippen molar-refractivity contribution in [3.05, 3.63) is 0 Å². The van der Waals surface area contributed by atoms with Gasteiger partial charge in [0.2, 0.25) is 0 Å². The number of hydrogen-bond donors (Lipinski definition) is 3. The Morgan fingerprint density at radius 2 is 1.95 bits per heavy atom. The van der Waals surface area contributed by atoms with Crippen LogP contribution < -0.4 is 5.32 Å². The molecule has 4 heteroatoms. The van der Waals surface area contributed by atoms with Gasteiger partial charge in [-0.2, -0.15) is 0 Å². The standard InChI is InChI=1S/C16H29NO3/c1-2-12-6-8-16(20,9-7-12)11-17-14-5-3-4-13(10-14)15(18)19/h12-14,17,20H,2-11H2,1H3,(H,18,19). The van der Waals surface area contributed by atoms with E-state index in [1.165, 1.54) is 6.42 Å². The van der Waals surface area contributed by atoms with E-state index in [1.807, 2.05) is 0 Å². The molecule has 2 rings (SSSR count). The number of nitrogens with one attached hydrogen (secondary N) is 1. The summed E-state index contributed by atoms with van der Waals surface area (Å²) in [5.74, 6) is -0.0910. The highest BCUT2D eigenvalue weighted by Crippen LogP contribution is 2.33. The van der Waals surface area contributed by atoms with Gasteiger partial charge in [-0.1, -0.05) is 19.8 Å². The second-order valence-corrected chi connectivity index (χ2v) is 6.86. The molecule has 0 amide bonds. The van der Waals surface area contributed by atoms with E-state index >= 15 is 0 Å². The van der Waals surface area contributed by atoms with Crippen LogP contribution in [-0.4, -0.2) is 34.4 Å². The molecule has 2 aliphatic carbocycles. The minimum Gasteiger partial charge on any atom is -0.481 e. The first kappa shape index (κ1) is 15.8. The highest BCUT2D eigenvalue weighted by molar-refractivity contribution is 5.70. The number of hydrogen-bond acceptors (Lipinski definition) is 3. The molecule has 0 bridgehead atoms. The Hall–Kier alpha value is -0.610. The van der Waals surface area contributed by atoms with Crippen LogP contribution in [0.1, 0.15) is 64.7 Å². The molecule has 0 radical (unpaired) electrons. The van der Waals surface area contributed by atoms with Crippen LogP contribution in [0.5, 0.6) is 0 Å². The average Bonchev–Trinajstić information content (AvgIpc) is 2.46. The van der Waals surface area contributed by atoms with Crippen LogP contribution in [0, 0.1) is 11.8 Å². The molecule has 2 aliphatic rings. The molecule has 0 aromatic carbocycles. The molecule has 0 aromatic heterocycles. The van der Waals surface area contributed by atoms with Gasteiger partial charge in [0.15, 0.2) is 0 Å². The molecule has 3 N–H and O–H groups in total. The van der Waals surface area contributed by atoms with Crippen LogP contribution in [0.3, 0.4) is 0 Å². The lowest BCUT2D eigenvalue weighted by atomic mass is 9.77.